The lowest BCUT2D eigenvalue weighted by Crippen LogP contribution is -2.40. The molecule has 1 unspecified atom stereocenters. The lowest BCUT2D eigenvalue weighted by atomic mass is 10.1. The third-order valence-electron chi connectivity index (χ3n) is 8.30. The lowest BCUT2D eigenvalue weighted by Gasteiger charge is -2.23. The summed E-state index contributed by atoms with van der Waals surface area (Å²) >= 11 is 9.53. The van der Waals surface area contributed by atoms with Crippen molar-refractivity contribution in [3.05, 3.63) is 45.0 Å². The molecule has 2 aliphatic rings. The monoisotopic (exact) mass is 1130 g/mol. The molecule has 0 aromatic carbocycles. The highest BCUT2D eigenvalue weighted by Crippen LogP contribution is 2.33. The summed E-state index contributed by atoms with van der Waals surface area (Å²) in [4.78, 5) is 88.3. The van der Waals surface area contributed by atoms with Crippen molar-refractivity contribution in [2.45, 2.75) is 144 Å². The van der Waals surface area contributed by atoms with E-state index in [9.17, 15) is 63.9 Å². The minimum absolute atomic E-state index is 0.194. The van der Waals surface area contributed by atoms with Gasteiger partial charge < -0.3 is 53.4 Å². The summed E-state index contributed by atoms with van der Waals surface area (Å²) < 4.78 is 122. The Morgan fingerprint density at radius 1 is 0.764 bits per heavy atom. The molecule has 33 heteroatoms. The van der Waals surface area contributed by atoms with E-state index in [2.05, 4.69) is 39.5 Å². The number of nitrogens with zero attached hydrogens (tertiary/aromatic N) is 4. The van der Waals surface area contributed by atoms with E-state index >= 15 is 0 Å². The number of anilines is 2. The minimum Gasteiger partial charge on any atom is -0.456 e. The first-order chi connectivity index (χ1) is 32.9. The number of nitrogen functional groups attached to an aromatic ring is 2. The van der Waals surface area contributed by atoms with Crippen LogP contribution in [0.3, 0.4) is 0 Å². The van der Waals surface area contributed by atoms with Gasteiger partial charge in [-0.15, -0.1) is 23.2 Å². The molecule has 2 aromatic heterocycles. The fourth-order valence-electron chi connectivity index (χ4n) is 5.49. The Bertz CT molecular complexity index is 2290. The molecule has 72 heavy (non-hydrogen) atoms. The second kappa shape index (κ2) is 32.2. The molecule has 2 saturated heterocycles. The van der Waals surface area contributed by atoms with Crippen LogP contribution >= 0.6 is 23.2 Å². The number of H-pyrrole nitrogens is 1. The van der Waals surface area contributed by atoms with E-state index < -0.39 is 132 Å². The minimum atomic E-state index is -5.39. The highest BCUT2D eigenvalue weighted by Gasteiger charge is 2.51. The van der Waals surface area contributed by atoms with Crippen molar-refractivity contribution in [3.8, 4) is 0 Å². The summed E-state index contributed by atoms with van der Waals surface area (Å²) in [7, 11) is -8.10. The summed E-state index contributed by atoms with van der Waals surface area (Å²) in [5, 5.41) is 0.194. The maximum absolute atomic E-state index is 13.6. The van der Waals surface area contributed by atoms with Crippen molar-refractivity contribution in [1.29, 1.82) is 0 Å². The van der Waals surface area contributed by atoms with Crippen molar-refractivity contribution in [1.82, 2.24) is 24.4 Å². The van der Waals surface area contributed by atoms with E-state index in [0.717, 1.165) is 23.9 Å². The van der Waals surface area contributed by atoms with Crippen molar-refractivity contribution >= 4 is 83.1 Å². The molecular weight excluding hydrogens is 1060 g/mol. The summed E-state index contributed by atoms with van der Waals surface area (Å²) in [6.45, 7) is 23.4. The maximum atomic E-state index is 13.6. The number of carbonyl (C=O) groups is 5. The summed E-state index contributed by atoms with van der Waals surface area (Å²) in [5.41, 5.74) is 3.34. The molecule has 8 atom stereocenters. The van der Waals surface area contributed by atoms with Crippen LogP contribution < -0.4 is 22.8 Å². The quantitative estimate of drug-likeness (QED) is 0.0718. The van der Waals surface area contributed by atoms with Gasteiger partial charge in [-0.3, -0.25) is 33.5 Å². The zero-order valence-corrected chi connectivity index (χ0v) is 44.9. The Hall–Kier alpha value is -5.05. The van der Waals surface area contributed by atoms with Crippen LogP contribution in [0.5, 0.6) is 0 Å². The van der Waals surface area contributed by atoms with Gasteiger partial charge in [0.25, 0.3) is 0 Å². The SMILES string of the molecule is CC(=O)OC1O[C@H](C)[C@@H](OC(C)=O)[C@H]1OC(C)=O.CC(=O)O[C@@H]1[C@H](OC(C)=O)[C@@H](C)O[C@H]1n1cc(F)c(N)nc1=O.CCN(CC)CC.C[Si](C)(C)OS(=O)(=O)C(F)(F)F.ClCCl.Nc1[nH]c(=O)ncc1F. The number of carbonyl (C=O) groups excluding carboxylic acids is 5. The van der Waals surface area contributed by atoms with E-state index in [1.807, 2.05) is 4.98 Å². The Morgan fingerprint density at radius 3 is 1.51 bits per heavy atom. The lowest BCUT2D eigenvalue weighted by molar-refractivity contribution is -0.194. The fourth-order valence-corrected chi connectivity index (χ4v) is 8.51. The Kier molecular flexibility index (Phi) is 30.9. The molecule has 0 amide bonds. The van der Waals surface area contributed by atoms with E-state index in [1.54, 1.807) is 13.8 Å². The number of halogens is 7. The number of esters is 5. The average molecular weight is 1130 g/mol. The van der Waals surface area contributed by atoms with Crippen LogP contribution in [0.1, 0.15) is 75.5 Å². The van der Waals surface area contributed by atoms with Crippen LogP contribution in [-0.4, -0.2) is 144 Å². The molecule has 0 bridgehead atoms. The van der Waals surface area contributed by atoms with Gasteiger partial charge >= 0.3 is 56.9 Å². The average Bonchev–Trinajstić information content (AvgIpc) is 3.66. The molecule has 0 aliphatic carbocycles. The normalized spacial score (nSPS) is 21.1. The highest BCUT2D eigenvalue weighted by atomic mass is 35.5. The van der Waals surface area contributed by atoms with E-state index in [-0.39, 0.29) is 11.2 Å². The standard InChI is InChI=1S/C13H16FN3O6.C11H16O7.C6H15N.C4H9F3O3SSi.C4H4FN3O.CH2Cl2/c1-5-9(22-6(2)18)10(23-7(3)19)12(21-5)17-4-8(14)11(15)16-13(17)20;1-5-9(16-6(2)12)10(17-7(3)13)11(15-5)18-8(4)14;1-4-7(5-2)6-3;1-12(2,3)10-11(8,9)4(5,6)7;5-2-1-7-4(9)8-3(2)6;2-1-3/h4-5,9-10,12H,1-3H3,(H2,15,16,20);5,9-11H,1-4H3;4-6H2,1-3H3;1-3H3;1H,(H3,6,7,8,9);1H2/t5-,9-,10-,12-;5-,9-,10-,11?;;;;/m11..../s1. The highest BCUT2D eigenvalue weighted by molar-refractivity contribution is 7.88. The van der Waals surface area contributed by atoms with Gasteiger partial charge in [0.2, 0.25) is 20.7 Å². The number of nitrogens with two attached hydrogens (primary N) is 2. The van der Waals surface area contributed by atoms with Gasteiger partial charge in [0.15, 0.2) is 42.0 Å². The van der Waals surface area contributed by atoms with Gasteiger partial charge in [-0.1, -0.05) is 20.8 Å². The molecule has 0 spiro atoms. The number of ether oxygens (including phenoxy) is 7. The second-order valence-corrected chi connectivity index (χ2v) is 22.3. The number of hydrogen-bond donors (Lipinski definition) is 3. The first-order valence-electron chi connectivity index (χ1n) is 21.0. The summed E-state index contributed by atoms with van der Waals surface area (Å²) in [6, 6.07) is 0. The Balaban J connectivity index is 0. The Labute approximate surface area is 422 Å². The molecule has 5 N–H and O–H groups in total. The molecule has 2 aliphatic heterocycles. The summed E-state index contributed by atoms with van der Waals surface area (Å²) in [6.07, 6.45) is -5.76. The molecule has 414 valence electrons. The van der Waals surface area contributed by atoms with Crippen molar-refractivity contribution in [3.63, 3.8) is 0 Å². The number of aromatic amines is 1. The van der Waals surface area contributed by atoms with Crippen LogP contribution in [-0.2, 0) is 71.1 Å². The summed E-state index contributed by atoms with van der Waals surface area (Å²) in [5.74, 6) is -5.46. The van der Waals surface area contributed by atoms with Gasteiger partial charge in [-0.2, -0.15) is 31.6 Å². The van der Waals surface area contributed by atoms with E-state index in [4.69, 9.17) is 67.8 Å². The Morgan fingerprint density at radius 2 is 1.17 bits per heavy atom. The third-order valence-corrected chi connectivity index (χ3v) is 11.7. The predicted octanol–water partition coefficient (Wildman–Crippen LogP) is 3.85. The number of hydrogen-bond acceptors (Lipinski definition) is 22. The first-order valence-corrected chi connectivity index (χ1v) is 26.9. The van der Waals surface area contributed by atoms with Crippen LogP contribution in [0, 0.1) is 11.6 Å². The predicted molar refractivity (Wildman–Crippen MR) is 249 cm³/mol. The molecular formula is C39H62Cl2F5N7O17SSi. The zero-order valence-electron chi connectivity index (χ0n) is 41.5. The molecule has 0 radical (unpaired) electrons. The first kappa shape index (κ1) is 69.0. The van der Waals surface area contributed by atoms with Crippen molar-refractivity contribution in [2.75, 3.05) is 36.4 Å². The molecule has 4 rings (SSSR count). The van der Waals surface area contributed by atoms with E-state index in [0.29, 0.717) is 0 Å². The van der Waals surface area contributed by atoms with Gasteiger partial charge in [0, 0.05) is 34.6 Å². The zero-order chi connectivity index (χ0) is 56.6. The number of aromatic nitrogens is 4. The second-order valence-electron chi connectivity index (χ2n) is 15.3. The van der Waals surface area contributed by atoms with Crippen LogP contribution in [0.2, 0.25) is 19.6 Å². The van der Waals surface area contributed by atoms with Crippen molar-refractivity contribution < 1.29 is 91.4 Å². The maximum Gasteiger partial charge on any atom is 0.522 e. The number of rotatable bonds is 11. The third kappa shape index (κ3) is 26.1. The molecule has 4 heterocycles. The van der Waals surface area contributed by atoms with Gasteiger partial charge in [-0.05, 0) is 53.1 Å². The molecule has 2 fully saturated rings. The van der Waals surface area contributed by atoms with Gasteiger partial charge in [0.1, 0.15) is 5.82 Å². The molecule has 2 aromatic rings. The number of nitrogens with one attached hydrogen (secondary N) is 1. The van der Waals surface area contributed by atoms with E-state index in [1.165, 1.54) is 67.0 Å². The van der Waals surface area contributed by atoms with Crippen LogP contribution in [0.25, 0.3) is 0 Å². The van der Waals surface area contributed by atoms with Crippen LogP contribution in [0.4, 0.5) is 33.6 Å². The number of alkyl halides is 5. The molecule has 24 nitrogen and oxygen atoms in total. The molecule has 0 saturated carbocycles. The van der Waals surface area contributed by atoms with Crippen LogP contribution in [0.15, 0.2) is 22.0 Å². The van der Waals surface area contributed by atoms with Gasteiger partial charge in [0.05, 0.1) is 29.9 Å². The topological polar surface area (TPSA) is 329 Å². The smallest absolute Gasteiger partial charge is 0.456 e. The van der Waals surface area contributed by atoms with Gasteiger partial charge in [-0.25, -0.2) is 18.4 Å². The van der Waals surface area contributed by atoms with Crippen molar-refractivity contribution in [2.24, 2.45) is 0 Å². The fraction of sp³-hybridized carbons (Fsp3) is 0.667. The largest absolute Gasteiger partial charge is 0.522 e.